The number of carbonyl (C=O) groups excluding carboxylic acids is 3. The molecular weight excluding hydrogens is 477 g/mol. The molecule has 8 nitrogen and oxygen atoms in total. The summed E-state index contributed by atoms with van der Waals surface area (Å²) in [6.45, 7) is 4.09. The van der Waals surface area contributed by atoms with Crippen LogP contribution in [0.5, 0.6) is 0 Å². The number of halogens is 3. The van der Waals surface area contributed by atoms with Crippen LogP contribution in [-0.4, -0.2) is 36.6 Å². The Morgan fingerprint density at radius 3 is 2.50 bits per heavy atom. The molecule has 1 unspecified atom stereocenters. The summed E-state index contributed by atoms with van der Waals surface area (Å²) in [5.41, 5.74) is 0.0651. The lowest BCUT2D eigenvalue weighted by molar-refractivity contribution is -0.137. The quantitative estimate of drug-likeness (QED) is 0.424. The number of alkyl halides is 3. The van der Waals surface area contributed by atoms with Crippen LogP contribution in [0.1, 0.15) is 43.9 Å². The number of anilines is 2. The maximum Gasteiger partial charge on any atom is 0.418 e. The van der Waals surface area contributed by atoms with Gasteiger partial charge < -0.3 is 20.7 Å². The first-order valence-corrected chi connectivity index (χ1v) is 11.3. The van der Waals surface area contributed by atoms with Crippen LogP contribution in [0.25, 0.3) is 0 Å². The first-order valence-electron chi connectivity index (χ1n) is 11.3. The Morgan fingerprint density at radius 2 is 1.83 bits per heavy atom. The summed E-state index contributed by atoms with van der Waals surface area (Å²) in [7, 11) is 1.24. The molecule has 0 aliphatic carbocycles. The predicted molar refractivity (Wildman–Crippen MR) is 128 cm³/mol. The van der Waals surface area contributed by atoms with Crippen LogP contribution in [0.15, 0.2) is 59.8 Å². The highest BCUT2D eigenvalue weighted by molar-refractivity contribution is 6.00. The van der Waals surface area contributed by atoms with Gasteiger partial charge in [0, 0.05) is 17.9 Å². The highest BCUT2D eigenvalue weighted by Crippen LogP contribution is 2.35. The van der Waals surface area contributed by atoms with Gasteiger partial charge in [-0.1, -0.05) is 37.6 Å². The molecule has 1 aliphatic rings. The van der Waals surface area contributed by atoms with Crippen LogP contribution < -0.4 is 16.0 Å². The number of rotatable bonds is 7. The number of hydrogen-bond acceptors (Lipinski definition) is 4. The summed E-state index contributed by atoms with van der Waals surface area (Å²) in [4.78, 5) is 39.4. The van der Waals surface area contributed by atoms with Crippen LogP contribution in [0.2, 0.25) is 0 Å². The van der Waals surface area contributed by atoms with Crippen molar-refractivity contribution in [2.24, 2.45) is 0 Å². The number of unbranched alkanes of at least 4 members (excludes halogenated alkanes) is 1. The number of hydrogen-bond donors (Lipinski definition) is 3. The molecule has 0 fully saturated rings. The lowest BCUT2D eigenvalue weighted by Gasteiger charge is -2.35. The molecule has 1 heterocycles. The van der Waals surface area contributed by atoms with Gasteiger partial charge in [-0.3, -0.25) is 4.90 Å². The Bertz CT molecular complexity index is 1180. The first kappa shape index (κ1) is 26.6. The normalized spacial score (nSPS) is 15.9. The summed E-state index contributed by atoms with van der Waals surface area (Å²) < 4.78 is 44.6. The van der Waals surface area contributed by atoms with Gasteiger partial charge in [0.25, 0.3) is 0 Å². The smallest absolute Gasteiger partial charge is 0.418 e. The topological polar surface area (TPSA) is 99.8 Å². The third-order valence-electron chi connectivity index (χ3n) is 5.70. The maximum atomic E-state index is 13.2. The first-order chi connectivity index (χ1) is 17.1. The third kappa shape index (κ3) is 5.96. The number of nitrogens with zero attached hydrogens (tertiary/aromatic N) is 1. The van der Waals surface area contributed by atoms with E-state index in [-0.39, 0.29) is 17.3 Å². The van der Waals surface area contributed by atoms with E-state index in [0.29, 0.717) is 17.8 Å². The van der Waals surface area contributed by atoms with Crippen molar-refractivity contribution in [3.63, 3.8) is 0 Å². The van der Waals surface area contributed by atoms with Gasteiger partial charge >= 0.3 is 24.2 Å². The van der Waals surface area contributed by atoms with Crippen molar-refractivity contribution in [3.8, 4) is 0 Å². The van der Waals surface area contributed by atoms with E-state index in [0.717, 1.165) is 25.0 Å². The van der Waals surface area contributed by atoms with Crippen LogP contribution in [0.4, 0.5) is 34.1 Å². The highest BCUT2D eigenvalue weighted by atomic mass is 19.4. The predicted octanol–water partition coefficient (Wildman–Crippen LogP) is 5.66. The second-order valence-corrected chi connectivity index (χ2v) is 8.13. The Balaban J connectivity index is 1.86. The molecule has 36 heavy (non-hydrogen) atoms. The van der Waals surface area contributed by atoms with Crippen molar-refractivity contribution in [2.45, 2.75) is 38.9 Å². The van der Waals surface area contributed by atoms with Gasteiger partial charge in [0.15, 0.2) is 0 Å². The molecule has 0 saturated heterocycles. The van der Waals surface area contributed by atoms with Crippen molar-refractivity contribution in [3.05, 3.63) is 70.9 Å². The summed E-state index contributed by atoms with van der Waals surface area (Å²) in [6, 6.07) is 8.82. The minimum absolute atomic E-state index is 0.244. The monoisotopic (exact) mass is 504 g/mol. The number of urea groups is 2. The highest BCUT2D eigenvalue weighted by Gasteiger charge is 2.36. The number of amides is 4. The third-order valence-corrected chi connectivity index (χ3v) is 5.70. The van der Waals surface area contributed by atoms with Gasteiger partial charge in [-0.2, -0.15) is 13.2 Å². The second-order valence-electron chi connectivity index (χ2n) is 8.13. The number of nitrogens with one attached hydrogen (secondary N) is 3. The molecule has 0 saturated carbocycles. The van der Waals surface area contributed by atoms with Gasteiger partial charge in [-0.15, -0.1) is 0 Å². The standard InChI is InChI=1S/C25H27F3N4O4/c1-4-5-13-32-15(2)20(22(33)36-3)21(31-24(32)35)16-9-8-10-17(14-16)29-23(34)30-19-12-7-6-11-18(19)25(26,27)28/h6-12,14,21H,4-5,13H2,1-3H3,(H,31,35)(H2,29,30,34). The molecule has 192 valence electrons. The second kappa shape index (κ2) is 11.1. The minimum Gasteiger partial charge on any atom is -0.466 e. The summed E-state index contributed by atoms with van der Waals surface area (Å²) >= 11 is 0. The van der Waals surface area contributed by atoms with Crippen LogP contribution in [0.3, 0.4) is 0 Å². The zero-order chi connectivity index (χ0) is 26.5. The van der Waals surface area contributed by atoms with E-state index >= 15 is 0 Å². The van der Waals surface area contributed by atoms with Crippen molar-refractivity contribution in [1.29, 1.82) is 0 Å². The van der Waals surface area contributed by atoms with Gasteiger partial charge in [-0.25, -0.2) is 14.4 Å². The molecular formula is C25H27F3N4O4. The van der Waals surface area contributed by atoms with E-state index in [4.69, 9.17) is 4.74 Å². The molecule has 3 N–H and O–H groups in total. The van der Waals surface area contributed by atoms with Gasteiger partial charge in [0.1, 0.15) is 0 Å². The Kier molecular flexibility index (Phi) is 8.23. The summed E-state index contributed by atoms with van der Waals surface area (Å²) in [5.74, 6) is -0.612. The molecule has 11 heteroatoms. The van der Waals surface area contributed by atoms with Crippen molar-refractivity contribution in [2.75, 3.05) is 24.3 Å². The lowest BCUT2D eigenvalue weighted by Crippen LogP contribution is -2.48. The van der Waals surface area contributed by atoms with E-state index in [1.807, 2.05) is 6.92 Å². The number of para-hydroxylation sites is 1. The van der Waals surface area contributed by atoms with Gasteiger partial charge in [0.05, 0.1) is 30.0 Å². The summed E-state index contributed by atoms with van der Waals surface area (Å²) in [5, 5.41) is 7.51. The minimum atomic E-state index is -4.64. The molecule has 3 rings (SSSR count). The number of benzene rings is 2. The Labute approximate surface area is 206 Å². The van der Waals surface area contributed by atoms with E-state index in [9.17, 15) is 27.6 Å². The van der Waals surface area contributed by atoms with E-state index in [1.54, 1.807) is 19.1 Å². The molecule has 1 atom stereocenters. The lowest BCUT2D eigenvalue weighted by atomic mass is 9.94. The fourth-order valence-corrected chi connectivity index (χ4v) is 3.91. The molecule has 0 spiro atoms. The van der Waals surface area contributed by atoms with Crippen molar-refractivity contribution in [1.82, 2.24) is 10.2 Å². The average molecular weight is 505 g/mol. The zero-order valence-electron chi connectivity index (χ0n) is 20.0. The van der Waals surface area contributed by atoms with E-state index in [2.05, 4.69) is 16.0 Å². The summed E-state index contributed by atoms with van der Waals surface area (Å²) in [6.07, 6.45) is -3.03. The van der Waals surface area contributed by atoms with Crippen LogP contribution >= 0.6 is 0 Å². The molecule has 2 aromatic rings. The SMILES string of the molecule is CCCCN1C(=O)NC(c2cccc(NC(=O)Nc3ccccc3C(F)(F)F)c2)C(C(=O)OC)=C1C. The van der Waals surface area contributed by atoms with E-state index in [1.165, 1.54) is 36.3 Å². The van der Waals surface area contributed by atoms with Crippen molar-refractivity contribution >= 4 is 29.4 Å². The average Bonchev–Trinajstić information content (AvgIpc) is 2.83. The zero-order valence-corrected chi connectivity index (χ0v) is 20.0. The fourth-order valence-electron chi connectivity index (χ4n) is 3.91. The van der Waals surface area contributed by atoms with Gasteiger partial charge in [0.2, 0.25) is 0 Å². The Hall–Kier alpha value is -4.02. The number of methoxy groups -OCH3 is 1. The maximum absolute atomic E-state index is 13.2. The number of allylic oxidation sites excluding steroid dienone is 1. The van der Waals surface area contributed by atoms with E-state index < -0.39 is 35.5 Å². The molecule has 4 amide bonds. The largest absolute Gasteiger partial charge is 0.466 e. The molecule has 0 bridgehead atoms. The van der Waals surface area contributed by atoms with Crippen LogP contribution in [0, 0.1) is 0 Å². The van der Waals surface area contributed by atoms with Crippen LogP contribution in [-0.2, 0) is 15.7 Å². The Morgan fingerprint density at radius 1 is 1.11 bits per heavy atom. The molecule has 0 radical (unpaired) electrons. The number of ether oxygens (including phenoxy) is 1. The van der Waals surface area contributed by atoms with Crippen molar-refractivity contribution < 1.29 is 32.3 Å². The molecule has 1 aliphatic heterocycles. The fraction of sp³-hybridized carbons (Fsp3) is 0.320. The number of esters is 1. The molecule has 2 aromatic carbocycles. The molecule has 0 aromatic heterocycles. The number of carbonyl (C=O) groups is 3. The van der Waals surface area contributed by atoms with Gasteiger partial charge in [-0.05, 0) is 43.2 Å².